The smallest absolute Gasteiger partial charge is 0.232 e. The summed E-state index contributed by atoms with van der Waals surface area (Å²) in [6, 6.07) is 10.4. The number of ether oxygens (including phenoxy) is 1. The summed E-state index contributed by atoms with van der Waals surface area (Å²) in [6.45, 7) is 0.0765. The average molecular weight is 282 g/mol. The minimum absolute atomic E-state index is 0.0765. The van der Waals surface area contributed by atoms with E-state index in [9.17, 15) is 9.65 Å². The maximum absolute atomic E-state index is 13.6. The summed E-state index contributed by atoms with van der Waals surface area (Å²) < 4.78 is 19.2. The molecule has 0 fully saturated rings. The lowest BCUT2D eigenvalue weighted by Gasteiger charge is -2.17. The summed E-state index contributed by atoms with van der Waals surface area (Å²) in [5.41, 5.74) is 3.02. The van der Waals surface area contributed by atoms with Crippen molar-refractivity contribution in [2.24, 2.45) is 0 Å². The van der Waals surface area contributed by atoms with E-state index in [-0.39, 0.29) is 12.4 Å². The van der Waals surface area contributed by atoms with E-state index in [1.807, 2.05) is 6.07 Å². The lowest BCUT2D eigenvalue weighted by atomic mass is 9.95. The van der Waals surface area contributed by atoms with Crippen LogP contribution in [0.15, 0.2) is 30.3 Å². The van der Waals surface area contributed by atoms with Crippen LogP contribution in [-0.4, -0.2) is 4.98 Å². The van der Waals surface area contributed by atoms with Crippen molar-refractivity contribution in [3.05, 3.63) is 58.5 Å². The molecule has 0 aliphatic heterocycles. The third-order valence-electron chi connectivity index (χ3n) is 3.71. The predicted molar refractivity (Wildman–Crippen MR) is 76.3 cm³/mol. The lowest BCUT2D eigenvalue weighted by Crippen LogP contribution is -2.09. The van der Waals surface area contributed by atoms with Gasteiger partial charge in [-0.2, -0.15) is 5.26 Å². The van der Waals surface area contributed by atoms with Crippen LogP contribution in [0.5, 0.6) is 5.88 Å². The Bertz CT molecular complexity index is 706. The first kappa shape index (κ1) is 13.6. The second-order valence-corrected chi connectivity index (χ2v) is 5.15. The van der Waals surface area contributed by atoms with Gasteiger partial charge in [0.2, 0.25) is 5.88 Å². The van der Waals surface area contributed by atoms with E-state index < -0.39 is 0 Å². The van der Waals surface area contributed by atoms with Crippen LogP contribution < -0.4 is 4.74 Å². The summed E-state index contributed by atoms with van der Waals surface area (Å²) in [7, 11) is 0. The molecule has 0 unspecified atom stereocenters. The van der Waals surface area contributed by atoms with Crippen LogP contribution >= 0.6 is 0 Å². The summed E-state index contributed by atoms with van der Waals surface area (Å²) in [4.78, 5) is 4.46. The van der Waals surface area contributed by atoms with Gasteiger partial charge in [-0.05, 0) is 43.4 Å². The third kappa shape index (κ3) is 2.87. The van der Waals surface area contributed by atoms with E-state index in [4.69, 9.17) is 4.74 Å². The van der Waals surface area contributed by atoms with E-state index in [1.165, 1.54) is 6.07 Å². The molecule has 3 rings (SSSR count). The zero-order valence-electron chi connectivity index (χ0n) is 11.6. The van der Waals surface area contributed by atoms with Crippen LogP contribution in [0.25, 0.3) is 0 Å². The van der Waals surface area contributed by atoms with Crippen molar-refractivity contribution < 1.29 is 9.13 Å². The molecule has 1 heterocycles. The maximum Gasteiger partial charge on any atom is 0.232 e. The number of rotatable bonds is 3. The van der Waals surface area contributed by atoms with Gasteiger partial charge < -0.3 is 4.74 Å². The number of aromatic nitrogens is 1. The van der Waals surface area contributed by atoms with Crippen LogP contribution in [0.4, 0.5) is 4.39 Å². The normalized spacial score (nSPS) is 13.3. The first-order chi connectivity index (χ1) is 10.3. The van der Waals surface area contributed by atoms with E-state index >= 15 is 0 Å². The Labute approximate surface area is 123 Å². The van der Waals surface area contributed by atoms with Crippen molar-refractivity contribution in [1.82, 2.24) is 4.98 Å². The number of fused-ring (bicyclic) bond motifs is 1. The summed E-state index contributed by atoms with van der Waals surface area (Å²) >= 11 is 0. The zero-order valence-corrected chi connectivity index (χ0v) is 11.6. The minimum Gasteiger partial charge on any atom is -0.472 e. The molecule has 1 aromatic carbocycles. The van der Waals surface area contributed by atoms with Crippen molar-refractivity contribution >= 4 is 0 Å². The van der Waals surface area contributed by atoms with E-state index in [0.29, 0.717) is 17.0 Å². The van der Waals surface area contributed by atoms with Gasteiger partial charge in [-0.25, -0.2) is 9.37 Å². The Morgan fingerprint density at radius 3 is 2.86 bits per heavy atom. The predicted octanol–water partition coefficient (Wildman–Crippen LogP) is 3.55. The molecule has 2 aromatic rings. The van der Waals surface area contributed by atoms with Gasteiger partial charge in [0.1, 0.15) is 24.1 Å². The van der Waals surface area contributed by atoms with Gasteiger partial charge in [-0.3, -0.25) is 0 Å². The molecule has 0 atom stereocenters. The number of hydrogen-bond donors (Lipinski definition) is 0. The molecule has 0 saturated heterocycles. The highest BCUT2D eigenvalue weighted by Gasteiger charge is 2.16. The molecule has 0 N–H and O–H groups in total. The molecule has 0 bridgehead atoms. The lowest BCUT2D eigenvalue weighted by molar-refractivity contribution is 0.285. The van der Waals surface area contributed by atoms with Crippen molar-refractivity contribution in [3.8, 4) is 11.9 Å². The number of halogens is 1. The Morgan fingerprint density at radius 1 is 1.24 bits per heavy atom. The molecule has 3 nitrogen and oxygen atoms in total. The topological polar surface area (TPSA) is 45.9 Å². The molecule has 106 valence electrons. The van der Waals surface area contributed by atoms with Crippen molar-refractivity contribution in [1.29, 1.82) is 5.26 Å². The second kappa shape index (κ2) is 5.92. The Morgan fingerprint density at radius 2 is 2.05 bits per heavy atom. The van der Waals surface area contributed by atoms with Crippen LogP contribution in [0.2, 0.25) is 0 Å². The van der Waals surface area contributed by atoms with Gasteiger partial charge in [0.05, 0.1) is 0 Å². The SMILES string of the molecule is N#Cc1cc2c(nc1OCc1ccccc1F)CCCC2. The Hall–Kier alpha value is -2.41. The van der Waals surface area contributed by atoms with E-state index in [0.717, 1.165) is 36.9 Å². The molecule has 0 amide bonds. The highest BCUT2D eigenvalue weighted by Crippen LogP contribution is 2.26. The van der Waals surface area contributed by atoms with E-state index in [1.54, 1.807) is 18.2 Å². The fourth-order valence-corrected chi connectivity index (χ4v) is 2.57. The quantitative estimate of drug-likeness (QED) is 0.864. The summed E-state index contributed by atoms with van der Waals surface area (Å²) in [6.07, 6.45) is 4.12. The number of aryl methyl sites for hydroxylation is 2. The highest BCUT2D eigenvalue weighted by atomic mass is 19.1. The molecule has 0 spiro atoms. The third-order valence-corrected chi connectivity index (χ3v) is 3.71. The number of hydrogen-bond acceptors (Lipinski definition) is 3. The number of pyridine rings is 1. The van der Waals surface area contributed by atoms with Crippen molar-refractivity contribution in [3.63, 3.8) is 0 Å². The molecule has 1 aliphatic carbocycles. The fourth-order valence-electron chi connectivity index (χ4n) is 2.57. The van der Waals surface area contributed by atoms with Gasteiger partial charge in [0, 0.05) is 11.3 Å². The zero-order chi connectivity index (χ0) is 14.7. The van der Waals surface area contributed by atoms with Gasteiger partial charge in [0.25, 0.3) is 0 Å². The standard InChI is InChI=1S/C17H15FN2O/c18-15-7-3-1-6-13(15)11-21-17-14(10-19)9-12-5-2-4-8-16(12)20-17/h1,3,6-7,9H,2,4-5,8,11H2. The molecule has 0 radical (unpaired) electrons. The fraction of sp³-hybridized carbons (Fsp3) is 0.294. The van der Waals surface area contributed by atoms with Gasteiger partial charge in [-0.1, -0.05) is 18.2 Å². The maximum atomic E-state index is 13.6. The molecule has 1 aromatic heterocycles. The van der Waals surface area contributed by atoms with Gasteiger partial charge in [-0.15, -0.1) is 0 Å². The summed E-state index contributed by atoms with van der Waals surface area (Å²) in [5.74, 6) is -0.00429. The average Bonchev–Trinajstić information content (AvgIpc) is 2.53. The molecule has 1 aliphatic rings. The van der Waals surface area contributed by atoms with Crippen LogP contribution in [0.3, 0.4) is 0 Å². The molecule has 0 saturated carbocycles. The van der Waals surface area contributed by atoms with Crippen molar-refractivity contribution in [2.45, 2.75) is 32.3 Å². The van der Waals surface area contributed by atoms with Crippen molar-refractivity contribution in [2.75, 3.05) is 0 Å². The summed E-state index contributed by atoms with van der Waals surface area (Å²) in [5, 5.41) is 9.23. The second-order valence-electron chi connectivity index (χ2n) is 5.15. The molecular weight excluding hydrogens is 267 g/mol. The minimum atomic E-state index is -0.311. The van der Waals surface area contributed by atoms with Crippen LogP contribution in [0, 0.1) is 17.1 Å². The van der Waals surface area contributed by atoms with Gasteiger partial charge >= 0.3 is 0 Å². The molecular formula is C17H15FN2O. The van der Waals surface area contributed by atoms with Crippen LogP contribution in [-0.2, 0) is 19.4 Å². The van der Waals surface area contributed by atoms with Crippen LogP contribution in [0.1, 0.15) is 35.2 Å². The molecule has 4 heteroatoms. The highest BCUT2D eigenvalue weighted by molar-refractivity contribution is 5.43. The van der Waals surface area contributed by atoms with Gasteiger partial charge in [0.15, 0.2) is 0 Å². The first-order valence-electron chi connectivity index (χ1n) is 7.07. The monoisotopic (exact) mass is 282 g/mol. The number of nitrogens with zero attached hydrogens (tertiary/aromatic N) is 2. The Kier molecular flexibility index (Phi) is 3.83. The Balaban J connectivity index is 1.85. The first-order valence-corrected chi connectivity index (χ1v) is 7.07. The largest absolute Gasteiger partial charge is 0.472 e. The molecule has 21 heavy (non-hydrogen) atoms. The van der Waals surface area contributed by atoms with E-state index in [2.05, 4.69) is 11.1 Å². The number of benzene rings is 1. The number of nitriles is 1.